The molecule has 0 aliphatic rings. The molecule has 0 bridgehead atoms. The topological polar surface area (TPSA) is 70.6 Å². The van der Waals surface area contributed by atoms with Gasteiger partial charge in [0.05, 0.1) is 12.3 Å². The molecule has 0 aromatic heterocycles. The molecule has 0 atom stereocenters. The fraction of sp³-hybridized carbons (Fsp3) is 0.700. The van der Waals surface area contributed by atoms with Gasteiger partial charge in [-0.05, 0) is 13.3 Å². The molecule has 0 aromatic carbocycles. The number of hydrogen-bond acceptors (Lipinski definition) is 3. The average molecular weight is 373 g/mol. The summed E-state index contributed by atoms with van der Waals surface area (Å²) >= 11 is 0. The van der Waals surface area contributed by atoms with Gasteiger partial charge in [0.15, 0.2) is 5.96 Å². The summed E-state index contributed by atoms with van der Waals surface area (Å²) in [6.45, 7) is 3.55. The molecule has 0 aliphatic heterocycles. The van der Waals surface area contributed by atoms with E-state index in [2.05, 4.69) is 21.5 Å². The first-order valence-corrected chi connectivity index (χ1v) is 7.19. The fourth-order valence-electron chi connectivity index (χ4n) is 0.994. The molecule has 0 saturated heterocycles. The standard InChI is InChI=1S/C10H19N3O2S.HI/c1-4-7-12-10(11-5-2)13-8-6-9-16(3,14)15;/h1H,5-9H2,2-3H3,(H2,11,12,13);1H. The Hall–Kier alpha value is -0.490. The molecular formula is C10H20IN3O2S. The second-order valence-corrected chi connectivity index (χ2v) is 5.56. The van der Waals surface area contributed by atoms with Crippen molar-refractivity contribution in [1.82, 2.24) is 10.6 Å². The lowest BCUT2D eigenvalue weighted by Crippen LogP contribution is -2.37. The van der Waals surface area contributed by atoms with Gasteiger partial charge < -0.3 is 10.6 Å². The van der Waals surface area contributed by atoms with Crippen molar-refractivity contribution in [3.63, 3.8) is 0 Å². The van der Waals surface area contributed by atoms with Crippen LogP contribution in [0, 0.1) is 12.3 Å². The van der Waals surface area contributed by atoms with E-state index in [1.165, 1.54) is 6.26 Å². The Kier molecular flexibility index (Phi) is 11.8. The molecule has 0 heterocycles. The molecule has 7 heteroatoms. The maximum Gasteiger partial charge on any atom is 0.192 e. The van der Waals surface area contributed by atoms with E-state index in [0.29, 0.717) is 25.5 Å². The summed E-state index contributed by atoms with van der Waals surface area (Å²) in [6.07, 6.45) is 6.85. The lowest BCUT2D eigenvalue weighted by Gasteiger charge is -2.08. The summed E-state index contributed by atoms with van der Waals surface area (Å²) in [5.74, 6) is 3.22. The van der Waals surface area contributed by atoms with Crippen molar-refractivity contribution >= 4 is 39.8 Å². The highest BCUT2D eigenvalue weighted by molar-refractivity contribution is 14.0. The number of nitrogens with one attached hydrogen (secondary N) is 2. The van der Waals surface area contributed by atoms with E-state index in [4.69, 9.17) is 6.42 Å². The summed E-state index contributed by atoms with van der Waals surface area (Å²) in [5.41, 5.74) is 0. The lowest BCUT2D eigenvalue weighted by molar-refractivity contribution is 0.599. The largest absolute Gasteiger partial charge is 0.357 e. The predicted molar refractivity (Wildman–Crippen MR) is 82.6 cm³/mol. The number of hydrogen-bond donors (Lipinski definition) is 2. The number of guanidine groups is 1. The molecule has 0 amide bonds. The quantitative estimate of drug-likeness (QED) is 0.230. The van der Waals surface area contributed by atoms with Gasteiger partial charge in [-0.25, -0.2) is 8.42 Å². The molecule has 0 aromatic rings. The van der Waals surface area contributed by atoms with Crippen molar-refractivity contribution in [3.05, 3.63) is 0 Å². The van der Waals surface area contributed by atoms with Crippen LogP contribution < -0.4 is 10.6 Å². The number of terminal acetylenes is 1. The van der Waals surface area contributed by atoms with Crippen LogP contribution in [0.4, 0.5) is 0 Å². The van der Waals surface area contributed by atoms with Crippen LogP contribution in [0.15, 0.2) is 4.99 Å². The molecule has 2 N–H and O–H groups in total. The van der Waals surface area contributed by atoms with Gasteiger partial charge in [0.25, 0.3) is 0 Å². The molecule has 0 spiro atoms. The molecule has 0 saturated carbocycles. The maximum absolute atomic E-state index is 10.9. The van der Waals surface area contributed by atoms with E-state index in [0.717, 1.165) is 6.54 Å². The highest BCUT2D eigenvalue weighted by Gasteiger charge is 2.01. The zero-order chi connectivity index (χ0) is 12.4. The Morgan fingerprint density at radius 3 is 2.53 bits per heavy atom. The van der Waals surface area contributed by atoms with E-state index in [1.54, 1.807) is 0 Å². The van der Waals surface area contributed by atoms with Crippen LogP contribution in [0.5, 0.6) is 0 Å². The Labute approximate surface area is 121 Å². The van der Waals surface area contributed by atoms with Crippen LogP contribution in [-0.2, 0) is 9.84 Å². The van der Waals surface area contributed by atoms with E-state index >= 15 is 0 Å². The summed E-state index contributed by atoms with van der Waals surface area (Å²) in [5, 5.41) is 5.93. The lowest BCUT2D eigenvalue weighted by atomic mass is 10.5. The van der Waals surface area contributed by atoms with E-state index in [1.807, 2.05) is 6.92 Å². The van der Waals surface area contributed by atoms with Gasteiger partial charge in [-0.2, -0.15) is 0 Å². The highest BCUT2D eigenvalue weighted by Crippen LogP contribution is 1.89. The monoisotopic (exact) mass is 373 g/mol. The van der Waals surface area contributed by atoms with Crippen LogP contribution in [0.25, 0.3) is 0 Å². The van der Waals surface area contributed by atoms with Gasteiger partial charge in [0.1, 0.15) is 9.84 Å². The summed E-state index contributed by atoms with van der Waals surface area (Å²) in [7, 11) is -2.89. The molecule has 100 valence electrons. The fourth-order valence-corrected chi connectivity index (χ4v) is 1.65. The van der Waals surface area contributed by atoms with E-state index in [-0.39, 0.29) is 29.7 Å². The van der Waals surface area contributed by atoms with Crippen LogP contribution in [0.1, 0.15) is 13.3 Å². The summed E-state index contributed by atoms with van der Waals surface area (Å²) in [6, 6.07) is 0. The van der Waals surface area contributed by atoms with Gasteiger partial charge in [0.2, 0.25) is 0 Å². The number of aliphatic imine (C=N–C) groups is 1. The minimum Gasteiger partial charge on any atom is -0.357 e. The van der Waals surface area contributed by atoms with Gasteiger partial charge in [-0.1, -0.05) is 5.92 Å². The Bertz CT molecular complexity index is 360. The van der Waals surface area contributed by atoms with Crippen LogP contribution in [0.2, 0.25) is 0 Å². The molecule has 0 radical (unpaired) electrons. The van der Waals surface area contributed by atoms with E-state index < -0.39 is 9.84 Å². The summed E-state index contributed by atoms with van der Waals surface area (Å²) in [4.78, 5) is 4.19. The predicted octanol–water partition coefficient (Wildman–Crippen LogP) is 0.227. The average Bonchev–Trinajstić information content (AvgIpc) is 2.19. The smallest absolute Gasteiger partial charge is 0.192 e. The van der Waals surface area contributed by atoms with E-state index in [9.17, 15) is 8.42 Å². The van der Waals surface area contributed by atoms with Crippen LogP contribution >= 0.6 is 24.0 Å². The van der Waals surface area contributed by atoms with Crippen molar-refractivity contribution in [2.45, 2.75) is 13.3 Å². The molecule has 0 fully saturated rings. The molecule has 17 heavy (non-hydrogen) atoms. The minimum atomic E-state index is -2.89. The number of nitrogens with zero attached hydrogens (tertiary/aromatic N) is 1. The van der Waals surface area contributed by atoms with Crippen molar-refractivity contribution in [2.75, 3.05) is 31.6 Å². The molecule has 0 rings (SSSR count). The van der Waals surface area contributed by atoms with Crippen LogP contribution in [0.3, 0.4) is 0 Å². The molecule has 0 aliphatic carbocycles. The number of halogens is 1. The van der Waals surface area contributed by atoms with Gasteiger partial charge in [-0.3, -0.25) is 4.99 Å². The third-order valence-electron chi connectivity index (χ3n) is 1.65. The van der Waals surface area contributed by atoms with Crippen molar-refractivity contribution in [3.8, 4) is 12.3 Å². The van der Waals surface area contributed by atoms with Crippen molar-refractivity contribution in [2.24, 2.45) is 4.99 Å². The van der Waals surface area contributed by atoms with Gasteiger partial charge in [0, 0.05) is 19.3 Å². The number of sulfone groups is 1. The zero-order valence-corrected chi connectivity index (χ0v) is 13.3. The second kappa shape index (κ2) is 10.7. The minimum absolute atomic E-state index is 0. The first-order valence-electron chi connectivity index (χ1n) is 5.13. The Morgan fingerprint density at radius 1 is 1.41 bits per heavy atom. The third kappa shape index (κ3) is 13.4. The normalized spacial score (nSPS) is 11.2. The zero-order valence-electron chi connectivity index (χ0n) is 10.2. The number of rotatable bonds is 6. The molecular weight excluding hydrogens is 353 g/mol. The summed E-state index contributed by atoms with van der Waals surface area (Å²) < 4.78 is 21.7. The molecule has 0 unspecified atom stereocenters. The molecule has 5 nitrogen and oxygen atoms in total. The third-order valence-corrected chi connectivity index (χ3v) is 2.68. The SMILES string of the molecule is C#CCNC(=NCCCS(C)(=O)=O)NCC.I. The first-order chi connectivity index (χ1) is 7.49. The second-order valence-electron chi connectivity index (χ2n) is 3.30. The van der Waals surface area contributed by atoms with Crippen LogP contribution in [-0.4, -0.2) is 46.0 Å². The Balaban J connectivity index is 0. The first kappa shape index (κ1) is 18.9. The Morgan fingerprint density at radius 2 is 2.06 bits per heavy atom. The van der Waals surface area contributed by atoms with Crippen molar-refractivity contribution in [1.29, 1.82) is 0 Å². The maximum atomic E-state index is 10.9. The van der Waals surface area contributed by atoms with Gasteiger partial charge >= 0.3 is 0 Å². The highest BCUT2D eigenvalue weighted by atomic mass is 127. The van der Waals surface area contributed by atoms with Crippen molar-refractivity contribution < 1.29 is 8.42 Å². The van der Waals surface area contributed by atoms with Gasteiger partial charge in [-0.15, -0.1) is 30.4 Å².